The fourth-order valence-electron chi connectivity index (χ4n) is 2.01. The van der Waals surface area contributed by atoms with Crippen LogP contribution >= 0.6 is 0 Å². The molecule has 0 amide bonds. The molecule has 0 aliphatic carbocycles. The highest BCUT2D eigenvalue weighted by Crippen LogP contribution is 2.23. The largest absolute Gasteiger partial charge is 0.310 e. The molecular weight excluding hydrogens is 213 g/mol. The van der Waals surface area contributed by atoms with Gasteiger partial charge in [0.1, 0.15) is 5.82 Å². The molecule has 1 aromatic rings. The summed E-state index contributed by atoms with van der Waals surface area (Å²) < 4.78 is 13.3. The van der Waals surface area contributed by atoms with E-state index in [1.807, 2.05) is 13.0 Å². The molecule has 1 N–H and O–H groups in total. The third-order valence-corrected chi connectivity index (χ3v) is 2.88. The van der Waals surface area contributed by atoms with E-state index in [4.69, 9.17) is 6.42 Å². The van der Waals surface area contributed by atoms with Crippen LogP contribution < -0.4 is 5.32 Å². The molecule has 0 fully saturated rings. The SMILES string of the molecule is C#CCCCC(NCC)c1cc(F)ccc1C. The Bertz CT molecular complexity index is 392. The van der Waals surface area contributed by atoms with E-state index in [-0.39, 0.29) is 11.9 Å². The third-order valence-electron chi connectivity index (χ3n) is 2.88. The quantitative estimate of drug-likeness (QED) is 0.585. The van der Waals surface area contributed by atoms with Crippen LogP contribution in [0, 0.1) is 25.1 Å². The Balaban J connectivity index is 2.81. The predicted molar refractivity (Wildman–Crippen MR) is 70.2 cm³/mol. The van der Waals surface area contributed by atoms with E-state index >= 15 is 0 Å². The van der Waals surface area contributed by atoms with Crippen molar-refractivity contribution in [2.45, 2.75) is 39.2 Å². The number of aryl methyl sites for hydroxylation is 1. The molecule has 0 aliphatic heterocycles. The van der Waals surface area contributed by atoms with Gasteiger partial charge in [-0.15, -0.1) is 12.3 Å². The smallest absolute Gasteiger partial charge is 0.123 e. The van der Waals surface area contributed by atoms with Crippen LogP contribution in [0.5, 0.6) is 0 Å². The lowest BCUT2D eigenvalue weighted by atomic mass is 9.96. The van der Waals surface area contributed by atoms with Gasteiger partial charge in [-0.2, -0.15) is 0 Å². The highest BCUT2D eigenvalue weighted by molar-refractivity contribution is 5.29. The second-order valence-corrected chi connectivity index (χ2v) is 4.21. The highest BCUT2D eigenvalue weighted by Gasteiger charge is 2.12. The number of unbranched alkanes of at least 4 members (excludes halogenated alkanes) is 1. The number of terminal acetylenes is 1. The molecular formula is C15H20FN. The number of halogens is 1. The molecule has 0 heterocycles. The molecule has 92 valence electrons. The Labute approximate surface area is 103 Å². The van der Waals surface area contributed by atoms with E-state index < -0.39 is 0 Å². The van der Waals surface area contributed by atoms with Crippen LogP contribution in [0.4, 0.5) is 4.39 Å². The van der Waals surface area contributed by atoms with E-state index in [1.54, 1.807) is 6.07 Å². The fourth-order valence-corrected chi connectivity index (χ4v) is 2.01. The van der Waals surface area contributed by atoms with Crippen LogP contribution in [-0.4, -0.2) is 6.54 Å². The van der Waals surface area contributed by atoms with Crippen LogP contribution in [-0.2, 0) is 0 Å². The normalized spacial score (nSPS) is 12.1. The first-order chi connectivity index (χ1) is 8.19. The first-order valence-electron chi connectivity index (χ1n) is 6.12. The number of benzene rings is 1. The van der Waals surface area contributed by atoms with Crippen molar-refractivity contribution in [2.75, 3.05) is 6.54 Å². The lowest BCUT2D eigenvalue weighted by Gasteiger charge is -2.20. The monoisotopic (exact) mass is 233 g/mol. The predicted octanol–water partition coefficient (Wildman–Crippen LogP) is 3.59. The molecule has 1 aromatic carbocycles. The Morgan fingerprint density at radius 3 is 2.88 bits per heavy atom. The molecule has 0 radical (unpaired) electrons. The van der Waals surface area contributed by atoms with Gasteiger partial charge in [0.05, 0.1) is 0 Å². The Morgan fingerprint density at radius 2 is 2.24 bits per heavy atom. The van der Waals surface area contributed by atoms with Gasteiger partial charge in [0.2, 0.25) is 0 Å². The second-order valence-electron chi connectivity index (χ2n) is 4.21. The third kappa shape index (κ3) is 4.20. The standard InChI is InChI=1S/C15H20FN/c1-4-6-7-8-15(17-5-2)14-11-13(16)10-9-12(14)3/h1,9-11,15,17H,5-8H2,2-3H3. The molecule has 0 aromatic heterocycles. The summed E-state index contributed by atoms with van der Waals surface area (Å²) in [6, 6.07) is 5.15. The Kier molecular flexibility index (Phi) is 5.72. The van der Waals surface area contributed by atoms with Gasteiger partial charge in [-0.3, -0.25) is 0 Å². The van der Waals surface area contributed by atoms with Crippen LogP contribution in [0.1, 0.15) is 43.4 Å². The fraction of sp³-hybridized carbons (Fsp3) is 0.467. The van der Waals surface area contributed by atoms with Crippen LogP contribution in [0.15, 0.2) is 18.2 Å². The van der Waals surface area contributed by atoms with Crippen LogP contribution in [0.2, 0.25) is 0 Å². The summed E-state index contributed by atoms with van der Waals surface area (Å²) in [5.41, 5.74) is 2.17. The first kappa shape index (κ1) is 13.7. The van der Waals surface area contributed by atoms with E-state index in [1.165, 1.54) is 6.07 Å². The minimum Gasteiger partial charge on any atom is -0.310 e. The molecule has 0 spiro atoms. The molecule has 0 saturated heterocycles. The first-order valence-corrected chi connectivity index (χ1v) is 6.12. The maximum atomic E-state index is 13.3. The van der Waals surface area contributed by atoms with Crippen molar-refractivity contribution in [3.05, 3.63) is 35.1 Å². The van der Waals surface area contributed by atoms with Gasteiger partial charge in [0.15, 0.2) is 0 Å². The van der Waals surface area contributed by atoms with Crippen molar-refractivity contribution in [1.29, 1.82) is 0 Å². The van der Waals surface area contributed by atoms with Crippen molar-refractivity contribution >= 4 is 0 Å². The van der Waals surface area contributed by atoms with Crippen molar-refractivity contribution in [3.63, 3.8) is 0 Å². The molecule has 1 nitrogen and oxygen atoms in total. The zero-order valence-electron chi connectivity index (χ0n) is 10.6. The lowest BCUT2D eigenvalue weighted by molar-refractivity contribution is 0.496. The number of hydrogen-bond acceptors (Lipinski definition) is 1. The molecule has 1 rings (SSSR count). The molecule has 2 heteroatoms. The second kappa shape index (κ2) is 7.09. The topological polar surface area (TPSA) is 12.0 Å². The summed E-state index contributed by atoms with van der Waals surface area (Å²) in [5.74, 6) is 2.47. The number of hydrogen-bond donors (Lipinski definition) is 1. The van der Waals surface area contributed by atoms with Gasteiger partial charge >= 0.3 is 0 Å². The molecule has 1 unspecified atom stereocenters. The van der Waals surface area contributed by atoms with Gasteiger partial charge in [0.25, 0.3) is 0 Å². The zero-order chi connectivity index (χ0) is 12.7. The molecule has 1 atom stereocenters. The van der Waals surface area contributed by atoms with E-state index in [0.29, 0.717) is 0 Å². The van der Waals surface area contributed by atoms with E-state index in [0.717, 1.165) is 36.9 Å². The van der Waals surface area contributed by atoms with Gasteiger partial charge < -0.3 is 5.32 Å². The Hall–Kier alpha value is -1.33. The summed E-state index contributed by atoms with van der Waals surface area (Å²) in [7, 11) is 0. The van der Waals surface area contributed by atoms with E-state index in [2.05, 4.69) is 18.2 Å². The van der Waals surface area contributed by atoms with Crippen LogP contribution in [0.3, 0.4) is 0 Å². The summed E-state index contributed by atoms with van der Waals surface area (Å²) in [4.78, 5) is 0. The molecule has 0 aliphatic rings. The molecule has 0 bridgehead atoms. The Morgan fingerprint density at radius 1 is 1.47 bits per heavy atom. The van der Waals surface area contributed by atoms with Gasteiger partial charge in [-0.05, 0) is 49.6 Å². The number of nitrogens with one attached hydrogen (secondary N) is 1. The van der Waals surface area contributed by atoms with Crippen molar-refractivity contribution in [1.82, 2.24) is 5.32 Å². The minimum atomic E-state index is -0.176. The maximum absolute atomic E-state index is 13.3. The average molecular weight is 233 g/mol. The summed E-state index contributed by atoms with van der Waals surface area (Å²) in [6.45, 7) is 4.94. The summed E-state index contributed by atoms with van der Waals surface area (Å²) in [5, 5.41) is 3.39. The van der Waals surface area contributed by atoms with Crippen molar-refractivity contribution in [2.24, 2.45) is 0 Å². The number of rotatable bonds is 6. The van der Waals surface area contributed by atoms with Gasteiger partial charge in [-0.25, -0.2) is 4.39 Å². The lowest BCUT2D eigenvalue weighted by Crippen LogP contribution is -2.21. The minimum absolute atomic E-state index is 0.176. The van der Waals surface area contributed by atoms with Gasteiger partial charge in [0, 0.05) is 12.5 Å². The van der Waals surface area contributed by atoms with Crippen LogP contribution in [0.25, 0.3) is 0 Å². The molecule has 17 heavy (non-hydrogen) atoms. The van der Waals surface area contributed by atoms with E-state index in [9.17, 15) is 4.39 Å². The highest BCUT2D eigenvalue weighted by atomic mass is 19.1. The average Bonchev–Trinajstić information content (AvgIpc) is 2.32. The zero-order valence-corrected chi connectivity index (χ0v) is 10.6. The maximum Gasteiger partial charge on any atom is 0.123 e. The molecule has 0 saturated carbocycles. The van der Waals surface area contributed by atoms with Crippen molar-refractivity contribution < 1.29 is 4.39 Å². The van der Waals surface area contributed by atoms with Gasteiger partial charge in [-0.1, -0.05) is 13.0 Å². The van der Waals surface area contributed by atoms with Crippen molar-refractivity contribution in [3.8, 4) is 12.3 Å². The summed E-state index contributed by atoms with van der Waals surface area (Å²) >= 11 is 0. The summed E-state index contributed by atoms with van der Waals surface area (Å²) in [6.07, 6.45) is 7.93.